The number of hydrogen-bond acceptors (Lipinski definition) is 3. The van der Waals surface area contributed by atoms with Crippen molar-refractivity contribution in [2.24, 2.45) is 0 Å². The molecular weight excluding hydrogens is 260 g/mol. The molecule has 1 aromatic carbocycles. The van der Waals surface area contributed by atoms with Gasteiger partial charge in [0.1, 0.15) is 5.75 Å². The molecule has 0 bridgehead atoms. The Morgan fingerprint density at radius 1 is 1.19 bits per heavy atom. The molecule has 21 heavy (non-hydrogen) atoms. The van der Waals surface area contributed by atoms with E-state index in [9.17, 15) is 0 Å². The lowest BCUT2D eigenvalue weighted by Gasteiger charge is -2.23. The Bertz CT molecular complexity index is 588. The molecule has 0 saturated heterocycles. The van der Waals surface area contributed by atoms with E-state index in [-0.39, 0.29) is 11.5 Å². The highest BCUT2D eigenvalue weighted by Crippen LogP contribution is 2.33. The zero-order chi connectivity index (χ0) is 15.5. The molecule has 0 radical (unpaired) electrons. The standard InChI is InChI=1S/C18H24N2O/c1-13(14-7-6-10-19-12-14)20-16-11-15(18(2,3)4)8-9-17(16)21-5/h6-13,20H,1-5H3. The van der Waals surface area contributed by atoms with Crippen LogP contribution >= 0.6 is 0 Å². The van der Waals surface area contributed by atoms with Crippen LogP contribution in [-0.2, 0) is 5.41 Å². The van der Waals surface area contributed by atoms with Gasteiger partial charge in [0.05, 0.1) is 18.8 Å². The third-order valence-electron chi connectivity index (χ3n) is 3.62. The van der Waals surface area contributed by atoms with Crippen molar-refractivity contribution in [2.75, 3.05) is 12.4 Å². The van der Waals surface area contributed by atoms with E-state index in [1.54, 1.807) is 13.3 Å². The van der Waals surface area contributed by atoms with Gasteiger partial charge in [0.15, 0.2) is 0 Å². The Hall–Kier alpha value is -2.03. The van der Waals surface area contributed by atoms with E-state index >= 15 is 0 Å². The molecule has 1 aromatic heterocycles. The molecule has 3 nitrogen and oxygen atoms in total. The maximum Gasteiger partial charge on any atom is 0.141 e. The molecule has 1 heterocycles. The van der Waals surface area contributed by atoms with Gasteiger partial charge >= 0.3 is 0 Å². The topological polar surface area (TPSA) is 34.1 Å². The van der Waals surface area contributed by atoms with E-state index in [1.165, 1.54) is 5.56 Å². The molecule has 0 aliphatic carbocycles. The number of nitrogens with one attached hydrogen (secondary N) is 1. The lowest BCUT2D eigenvalue weighted by molar-refractivity contribution is 0.415. The van der Waals surface area contributed by atoms with Crippen molar-refractivity contribution in [3.63, 3.8) is 0 Å². The molecule has 0 fully saturated rings. The van der Waals surface area contributed by atoms with Crippen LogP contribution < -0.4 is 10.1 Å². The summed E-state index contributed by atoms with van der Waals surface area (Å²) in [6.07, 6.45) is 3.68. The number of aromatic nitrogens is 1. The Morgan fingerprint density at radius 3 is 2.52 bits per heavy atom. The summed E-state index contributed by atoms with van der Waals surface area (Å²) in [5, 5.41) is 3.53. The monoisotopic (exact) mass is 284 g/mol. The van der Waals surface area contributed by atoms with E-state index in [2.05, 4.69) is 56.2 Å². The Balaban J connectivity index is 2.29. The van der Waals surface area contributed by atoms with Crippen LogP contribution in [0.2, 0.25) is 0 Å². The van der Waals surface area contributed by atoms with Gasteiger partial charge in [-0.2, -0.15) is 0 Å². The maximum absolute atomic E-state index is 5.47. The van der Waals surface area contributed by atoms with Gasteiger partial charge in [-0.3, -0.25) is 4.98 Å². The van der Waals surface area contributed by atoms with Crippen molar-refractivity contribution in [3.05, 3.63) is 53.9 Å². The van der Waals surface area contributed by atoms with Crippen LogP contribution in [-0.4, -0.2) is 12.1 Å². The van der Waals surface area contributed by atoms with Crippen LogP contribution in [0.3, 0.4) is 0 Å². The van der Waals surface area contributed by atoms with Gasteiger partial charge in [-0.15, -0.1) is 0 Å². The summed E-state index contributed by atoms with van der Waals surface area (Å²) < 4.78 is 5.47. The number of rotatable bonds is 4. The highest BCUT2D eigenvalue weighted by molar-refractivity contribution is 5.60. The van der Waals surface area contributed by atoms with Crippen molar-refractivity contribution >= 4 is 5.69 Å². The van der Waals surface area contributed by atoms with Crippen molar-refractivity contribution < 1.29 is 4.74 Å². The predicted octanol–water partition coefficient (Wildman–Crippen LogP) is 4.56. The number of hydrogen-bond donors (Lipinski definition) is 1. The normalized spacial score (nSPS) is 12.8. The van der Waals surface area contributed by atoms with E-state index in [4.69, 9.17) is 4.74 Å². The van der Waals surface area contributed by atoms with Gasteiger partial charge in [-0.05, 0) is 41.7 Å². The number of methoxy groups -OCH3 is 1. The third kappa shape index (κ3) is 3.75. The second kappa shape index (κ2) is 6.17. The summed E-state index contributed by atoms with van der Waals surface area (Å²) in [6.45, 7) is 8.76. The quantitative estimate of drug-likeness (QED) is 0.893. The van der Waals surface area contributed by atoms with Gasteiger partial charge in [-0.25, -0.2) is 0 Å². The lowest BCUT2D eigenvalue weighted by atomic mass is 9.86. The fourth-order valence-corrected chi connectivity index (χ4v) is 2.24. The predicted molar refractivity (Wildman–Crippen MR) is 88.0 cm³/mol. The zero-order valence-electron chi connectivity index (χ0n) is 13.5. The highest BCUT2D eigenvalue weighted by Gasteiger charge is 2.17. The van der Waals surface area contributed by atoms with Crippen molar-refractivity contribution in [1.29, 1.82) is 0 Å². The summed E-state index contributed by atoms with van der Waals surface area (Å²) in [6, 6.07) is 10.5. The molecule has 2 aromatic rings. The molecule has 0 amide bonds. The molecule has 112 valence electrons. The van der Waals surface area contributed by atoms with E-state index in [0.29, 0.717) is 0 Å². The van der Waals surface area contributed by atoms with Crippen LogP contribution in [0.1, 0.15) is 44.9 Å². The third-order valence-corrected chi connectivity index (χ3v) is 3.62. The van der Waals surface area contributed by atoms with Gasteiger partial charge in [0, 0.05) is 12.4 Å². The van der Waals surface area contributed by atoms with E-state index in [1.807, 2.05) is 18.3 Å². The Morgan fingerprint density at radius 2 is 1.95 bits per heavy atom. The number of ether oxygens (including phenoxy) is 1. The number of anilines is 1. The molecule has 1 unspecified atom stereocenters. The first-order valence-corrected chi connectivity index (χ1v) is 7.27. The SMILES string of the molecule is COc1ccc(C(C)(C)C)cc1NC(C)c1cccnc1. The highest BCUT2D eigenvalue weighted by atomic mass is 16.5. The molecule has 2 rings (SSSR count). The van der Waals surface area contributed by atoms with Crippen molar-refractivity contribution in [2.45, 2.75) is 39.2 Å². The van der Waals surface area contributed by atoms with Crippen LogP contribution in [0, 0.1) is 0 Å². The molecule has 0 aliphatic rings. The first kappa shape index (κ1) is 15.4. The first-order valence-electron chi connectivity index (χ1n) is 7.27. The Labute approximate surface area is 127 Å². The average molecular weight is 284 g/mol. The van der Waals surface area contributed by atoms with E-state index < -0.39 is 0 Å². The molecule has 3 heteroatoms. The molecule has 1 N–H and O–H groups in total. The zero-order valence-corrected chi connectivity index (χ0v) is 13.5. The fourth-order valence-electron chi connectivity index (χ4n) is 2.24. The number of benzene rings is 1. The molecule has 0 saturated carbocycles. The van der Waals surface area contributed by atoms with Crippen molar-refractivity contribution in [3.8, 4) is 5.75 Å². The lowest BCUT2D eigenvalue weighted by Crippen LogP contribution is -2.13. The fraction of sp³-hybridized carbons (Fsp3) is 0.389. The van der Waals surface area contributed by atoms with E-state index in [0.717, 1.165) is 17.0 Å². The summed E-state index contributed by atoms with van der Waals surface area (Å²) in [5.74, 6) is 0.860. The number of nitrogens with zero attached hydrogens (tertiary/aromatic N) is 1. The van der Waals surface area contributed by atoms with Gasteiger partial charge in [0.2, 0.25) is 0 Å². The van der Waals surface area contributed by atoms with Crippen LogP contribution in [0.15, 0.2) is 42.7 Å². The molecule has 1 atom stereocenters. The smallest absolute Gasteiger partial charge is 0.141 e. The number of pyridine rings is 1. The summed E-state index contributed by atoms with van der Waals surface area (Å²) in [7, 11) is 1.70. The summed E-state index contributed by atoms with van der Waals surface area (Å²) >= 11 is 0. The second-order valence-electron chi connectivity index (χ2n) is 6.32. The van der Waals surface area contributed by atoms with Crippen LogP contribution in [0.5, 0.6) is 5.75 Å². The molecule has 0 spiro atoms. The minimum atomic E-state index is 0.111. The van der Waals surface area contributed by atoms with Gasteiger partial charge in [0.25, 0.3) is 0 Å². The van der Waals surface area contributed by atoms with Crippen LogP contribution in [0.4, 0.5) is 5.69 Å². The van der Waals surface area contributed by atoms with Gasteiger partial charge < -0.3 is 10.1 Å². The Kier molecular flexibility index (Phi) is 4.51. The minimum Gasteiger partial charge on any atom is -0.495 e. The minimum absolute atomic E-state index is 0.111. The summed E-state index contributed by atoms with van der Waals surface area (Å²) in [4.78, 5) is 4.18. The molecular formula is C18H24N2O. The average Bonchev–Trinajstić information content (AvgIpc) is 2.47. The first-order chi connectivity index (χ1) is 9.91. The van der Waals surface area contributed by atoms with Gasteiger partial charge in [-0.1, -0.05) is 32.9 Å². The summed E-state index contributed by atoms with van der Waals surface area (Å²) in [5.41, 5.74) is 3.56. The van der Waals surface area contributed by atoms with Crippen molar-refractivity contribution in [1.82, 2.24) is 4.98 Å². The molecule has 0 aliphatic heterocycles. The maximum atomic E-state index is 5.47. The van der Waals surface area contributed by atoms with Crippen LogP contribution in [0.25, 0.3) is 0 Å². The largest absolute Gasteiger partial charge is 0.495 e. The second-order valence-corrected chi connectivity index (χ2v) is 6.32.